The predicted octanol–water partition coefficient (Wildman–Crippen LogP) is 2.73. The molecule has 9 heteroatoms. The molecule has 2 aromatic rings. The maximum absolute atomic E-state index is 11.4. The fourth-order valence-electron chi connectivity index (χ4n) is 3.57. The first-order valence-electron chi connectivity index (χ1n) is 8.85. The molecule has 1 aromatic carbocycles. The molecule has 1 aliphatic heterocycles. The summed E-state index contributed by atoms with van der Waals surface area (Å²) in [7, 11) is 5.00. The van der Waals surface area contributed by atoms with Crippen LogP contribution in [-0.2, 0) is 7.05 Å². The minimum absolute atomic E-state index is 0.0986. The van der Waals surface area contributed by atoms with Crippen LogP contribution in [0, 0.1) is 17.0 Å². The van der Waals surface area contributed by atoms with Crippen molar-refractivity contribution in [3.8, 4) is 11.5 Å². The van der Waals surface area contributed by atoms with Crippen molar-refractivity contribution >= 4 is 17.2 Å². The lowest BCUT2D eigenvalue weighted by Crippen LogP contribution is -2.40. The third-order valence-electron chi connectivity index (χ3n) is 4.86. The smallest absolute Gasteiger partial charge is 0.333 e. The lowest BCUT2D eigenvalue weighted by molar-refractivity contribution is -0.384. The van der Waals surface area contributed by atoms with Gasteiger partial charge < -0.3 is 19.7 Å². The Balaban J connectivity index is 1.69. The van der Waals surface area contributed by atoms with E-state index in [9.17, 15) is 10.1 Å². The molecule has 0 saturated carbocycles. The van der Waals surface area contributed by atoms with Crippen LogP contribution in [0.5, 0.6) is 11.5 Å². The van der Waals surface area contributed by atoms with Gasteiger partial charge in [-0.05, 0) is 19.8 Å². The molecule has 1 saturated heterocycles. The highest BCUT2D eigenvalue weighted by molar-refractivity contribution is 5.61. The van der Waals surface area contributed by atoms with Crippen molar-refractivity contribution in [3.05, 3.63) is 34.0 Å². The van der Waals surface area contributed by atoms with Crippen molar-refractivity contribution in [2.24, 2.45) is 7.05 Å². The summed E-state index contributed by atoms with van der Waals surface area (Å²) in [5.74, 6) is 2.05. The van der Waals surface area contributed by atoms with Gasteiger partial charge in [-0.15, -0.1) is 0 Å². The first kappa shape index (κ1) is 18.8. The van der Waals surface area contributed by atoms with E-state index in [1.807, 2.05) is 23.1 Å². The van der Waals surface area contributed by atoms with E-state index in [1.54, 1.807) is 32.9 Å². The van der Waals surface area contributed by atoms with Gasteiger partial charge >= 0.3 is 5.69 Å². The standard InChI is InChI=1S/C18H25N5O4/c1-12-17(23(24)25)18(21(2)20-12)22-7-5-13(6-8-22)19-14-9-15(26-3)11-16(10-14)27-4/h9-11,13,19H,5-8H2,1-4H3. The first-order chi connectivity index (χ1) is 12.9. The van der Waals surface area contributed by atoms with Crippen molar-refractivity contribution in [1.82, 2.24) is 9.78 Å². The minimum Gasteiger partial charge on any atom is -0.497 e. The van der Waals surface area contributed by atoms with Crippen molar-refractivity contribution in [2.75, 3.05) is 37.5 Å². The molecule has 1 aliphatic rings. The molecule has 0 radical (unpaired) electrons. The van der Waals surface area contributed by atoms with Gasteiger partial charge in [-0.3, -0.25) is 10.1 Å². The molecule has 1 N–H and O–H groups in total. The summed E-state index contributed by atoms with van der Waals surface area (Å²) in [5, 5.41) is 19.2. The number of nitrogens with zero attached hydrogens (tertiary/aromatic N) is 4. The molecule has 0 atom stereocenters. The molecule has 3 rings (SSSR count). The quantitative estimate of drug-likeness (QED) is 0.613. The van der Waals surface area contributed by atoms with E-state index in [2.05, 4.69) is 10.4 Å². The normalized spacial score (nSPS) is 14.9. The number of aryl methyl sites for hydroxylation is 2. The molecule has 9 nitrogen and oxygen atoms in total. The number of methoxy groups -OCH3 is 2. The third-order valence-corrected chi connectivity index (χ3v) is 4.86. The van der Waals surface area contributed by atoms with Crippen molar-refractivity contribution in [2.45, 2.75) is 25.8 Å². The number of aromatic nitrogens is 2. The molecule has 1 aromatic heterocycles. The maximum atomic E-state index is 11.4. The maximum Gasteiger partial charge on any atom is 0.333 e. The van der Waals surface area contributed by atoms with Gasteiger partial charge in [0.2, 0.25) is 5.82 Å². The summed E-state index contributed by atoms with van der Waals surface area (Å²) in [6.45, 7) is 3.11. The van der Waals surface area contributed by atoms with E-state index in [4.69, 9.17) is 9.47 Å². The monoisotopic (exact) mass is 375 g/mol. The number of nitrogens with one attached hydrogen (secondary N) is 1. The second-order valence-corrected chi connectivity index (χ2v) is 6.65. The molecule has 0 amide bonds. The lowest BCUT2D eigenvalue weighted by atomic mass is 10.0. The molecule has 27 heavy (non-hydrogen) atoms. The fourth-order valence-corrected chi connectivity index (χ4v) is 3.57. The Bertz CT molecular complexity index is 805. The highest BCUT2D eigenvalue weighted by atomic mass is 16.6. The van der Waals surface area contributed by atoms with E-state index in [0.717, 1.165) is 43.1 Å². The number of hydrogen-bond acceptors (Lipinski definition) is 7. The molecular weight excluding hydrogens is 350 g/mol. The minimum atomic E-state index is -0.343. The Morgan fingerprint density at radius 1 is 1.19 bits per heavy atom. The van der Waals surface area contributed by atoms with Crippen molar-refractivity contribution < 1.29 is 14.4 Å². The zero-order valence-electron chi connectivity index (χ0n) is 16.1. The molecule has 0 bridgehead atoms. The van der Waals surface area contributed by atoms with Crippen LogP contribution in [0.1, 0.15) is 18.5 Å². The number of hydrogen-bond donors (Lipinski definition) is 1. The molecular formula is C18H25N5O4. The Hall–Kier alpha value is -2.97. The Kier molecular flexibility index (Phi) is 5.38. The average molecular weight is 375 g/mol. The molecule has 2 heterocycles. The van der Waals surface area contributed by atoms with Crippen LogP contribution < -0.4 is 19.7 Å². The van der Waals surface area contributed by atoms with E-state index in [0.29, 0.717) is 11.5 Å². The Labute approximate surface area is 158 Å². The molecule has 0 unspecified atom stereocenters. The summed E-state index contributed by atoms with van der Waals surface area (Å²) in [5.41, 5.74) is 1.48. The number of piperidine rings is 1. The molecule has 1 fully saturated rings. The third kappa shape index (κ3) is 3.91. The van der Waals surface area contributed by atoms with Crippen LogP contribution in [0.25, 0.3) is 0 Å². The zero-order chi connectivity index (χ0) is 19.6. The largest absolute Gasteiger partial charge is 0.497 e. The summed E-state index contributed by atoms with van der Waals surface area (Å²) in [6, 6.07) is 5.97. The Morgan fingerprint density at radius 3 is 2.30 bits per heavy atom. The van der Waals surface area contributed by atoms with Gasteiger partial charge in [0.25, 0.3) is 0 Å². The van der Waals surface area contributed by atoms with Crippen LogP contribution in [0.3, 0.4) is 0 Å². The van der Waals surface area contributed by atoms with Gasteiger partial charge in [0.05, 0.1) is 19.1 Å². The second-order valence-electron chi connectivity index (χ2n) is 6.65. The Morgan fingerprint density at radius 2 is 1.78 bits per heavy atom. The zero-order valence-corrected chi connectivity index (χ0v) is 16.1. The highest BCUT2D eigenvalue weighted by Crippen LogP contribution is 2.33. The van der Waals surface area contributed by atoms with Gasteiger partial charge in [-0.1, -0.05) is 0 Å². The van der Waals surface area contributed by atoms with E-state index < -0.39 is 0 Å². The van der Waals surface area contributed by atoms with E-state index in [-0.39, 0.29) is 16.7 Å². The predicted molar refractivity (Wildman–Crippen MR) is 103 cm³/mol. The highest BCUT2D eigenvalue weighted by Gasteiger charge is 2.31. The number of ether oxygens (including phenoxy) is 2. The number of anilines is 2. The topological polar surface area (TPSA) is 94.7 Å². The van der Waals surface area contributed by atoms with Crippen LogP contribution in [0.4, 0.5) is 17.2 Å². The molecule has 146 valence electrons. The van der Waals surface area contributed by atoms with Crippen LogP contribution >= 0.6 is 0 Å². The van der Waals surface area contributed by atoms with Gasteiger partial charge in [0.15, 0.2) is 0 Å². The van der Waals surface area contributed by atoms with Gasteiger partial charge in [-0.2, -0.15) is 5.10 Å². The fraction of sp³-hybridized carbons (Fsp3) is 0.500. The van der Waals surface area contributed by atoms with Crippen LogP contribution in [0.2, 0.25) is 0 Å². The SMILES string of the molecule is COc1cc(NC2CCN(c3c([N+](=O)[O-])c(C)nn3C)CC2)cc(OC)c1. The summed E-state index contributed by atoms with van der Waals surface area (Å²) >= 11 is 0. The van der Waals surface area contributed by atoms with Crippen molar-refractivity contribution in [1.29, 1.82) is 0 Å². The van der Waals surface area contributed by atoms with E-state index >= 15 is 0 Å². The molecule has 0 aliphatic carbocycles. The first-order valence-corrected chi connectivity index (χ1v) is 8.85. The van der Waals surface area contributed by atoms with Gasteiger partial charge in [0, 0.05) is 50.1 Å². The van der Waals surface area contributed by atoms with Gasteiger partial charge in [0.1, 0.15) is 17.2 Å². The van der Waals surface area contributed by atoms with Gasteiger partial charge in [-0.25, -0.2) is 4.68 Å². The van der Waals surface area contributed by atoms with Crippen LogP contribution in [-0.4, -0.2) is 48.1 Å². The summed E-state index contributed by atoms with van der Waals surface area (Å²) in [4.78, 5) is 13.1. The summed E-state index contributed by atoms with van der Waals surface area (Å²) in [6.07, 6.45) is 1.72. The number of rotatable bonds is 6. The number of nitro groups is 1. The lowest BCUT2D eigenvalue weighted by Gasteiger charge is -2.33. The molecule has 0 spiro atoms. The van der Waals surface area contributed by atoms with Crippen molar-refractivity contribution in [3.63, 3.8) is 0 Å². The second kappa shape index (κ2) is 7.73. The van der Waals surface area contributed by atoms with E-state index in [1.165, 1.54) is 0 Å². The summed E-state index contributed by atoms with van der Waals surface area (Å²) < 4.78 is 12.2. The average Bonchev–Trinajstić information content (AvgIpc) is 2.96. The van der Waals surface area contributed by atoms with Crippen LogP contribution in [0.15, 0.2) is 18.2 Å². The number of benzene rings is 1.